The molecule has 0 spiro atoms. The van der Waals surface area contributed by atoms with Gasteiger partial charge in [0.05, 0.1) is 7.11 Å². The van der Waals surface area contributed by atoms with Crippen LogP contribution in [0.3, 0.4) is 0 Å². The lowest BCUT2D eigenvalue weighted by molar-refractivity contribution is 0.414. The molecule has 3 rings (SSSR count). The number of nitrogens with zero attached hydrogens (tertiary/aromatic N) is 1. The number of rotatable bonds is 2. The predicted octanol–water partition coefficient (Wildman–Crippen LogP) is 3.76. The minimum Gasteiger partial charge on any atom is -0.497 e. The number of benzene rings is 2. The lowest BCUT2D eigenvalue weighted by Crippen LogP contribution is -2.17. The van der Waals surface area contributed by atoms with Crippen LogP contribution in [0.5, 0.6) is 5.75 Å². The van der Waals surface area contributed by atoms with E-state index < -0.39 is 0 Å². The van der Waals surface area contributed by atoms with Gasteiger partial charge in [-0.3, -0.25) is 9.36 Å². The molecule has 0 aliphatic rings. The summed E-state index contributed by atoms with van der Waals surface area (Å²) in [7, 11) is 1.62. The maximum atomic E-state index is 12.5. The SMILES string of the molecule is COc1ccc(-n2cc(Br)c3ccccc3c2=O)cc1. The maximum absolute atomic E-state index is 12.5. The second-order valence-electron chi connectivity index (χ2n) is 4.40. The Bertz CT molecular complexity index is 822. The van der Waals surface area contributed by atoms with E-state index in [-0.39, 0.29) is 5.56 Å². The normalized spacial score (nSPS) is 10.7. The predicted molar refractivity (Wildman–Crippen MR) is 83.8 cm³/mol. The standard InChI is InChI=1S/C16H12BrNO2/c1-20-12-8-6-11(7-9-12)18-10-15(17)13-4-2-3-5-14(13)16(18)19/h2-10H,1H3. The fourth-order valence-electron chi connectivity index (χ4n) is 2.18. The summed E-state index contributed by atoms with van der Waals surface area (Å²) in [6.07, 6.45) is 1.80. The van der Waals surface area contributed by atoms with Gasteiger partial charge in [0.2, 0.25) is 0 Å². The average molecular weight is 330 g/mol. The number of halogens is 1. The van der Waals surface area contributed by atoms with Crippen LogP contribution in [0.25, 0.3) is 16.5 Å². The van der Waals surface area contributed by atoms with E-state index >= 15 is 0 Å². The van der Waals surface area contributed by atoms with Crippen molar-refractivity contribution in [3.05, 3.63) is 69.6 Å². The van der Waals surface area contributed by atoms with Crippen LogP contribution >= 0.6 is 15.9 Å². The third-order valence-electron chi connectivity index (χ3n) is 3.23. The highest BCUT2D eigenvalue weighted by atomic mass is 79.9. The highest BCUT2D eigenvalue weighted by Crippen LogP contribution is 2.22. The summed E-state index contributed by atoms with van der Waals surface area (Å²) in [6.45, 7) is 0. The van der Waals surface area contributed by atoms with Crippen molar-refractivity contribution >= 4 is 26.7 Å². The summed E-state index contributed by atoms with van der Waals surface area (Å²) in [5.74, 6) is 0.765. The molecule has 0 saturated carbocycles. The fraction of sp³-hybridized carbons (Fsp3) is 0.0625. The third-order valence-corrected chi connectivity index (χ3v) is 3.86. The van der Waals surface area contributed by atoms with Gasteiger partial charge < -0.3 is 4.74 Å². The number of fused-ring (bicyclic) bond motifs is 1. The Kier molecular flexibility index (Phi) is 3.32. The molecule has 100 valence electrons. The van der Waals surface area contributed by atoms with Gasteiger partial charge in [-0.25, -0.2) is 0 Å². The van der Waals surface area contributed by atoms with E-state index in [1.807, 2.05) is 48.5 Å². The molecule has 0 aliphatic heterocycles. The van der Waals surface area contributed by atoms with Crippen molar-refractivity contribution in [1.82, 2.24) is 4.57 Å². The molecule has 2 aromatic carbocycles. The van der Waals surface area contributed by atoms with Crippen molar-refractivity contribution in [2.75, 3.05) is 7.11 Å². The largest absolute Gasteiger partial charge is 0.497 e. The first-order valence-electron chi connectivity index (χ1n) is 6.15. The van der Waals surface area contributed by atoms with Crippen molar-refractivity contribution < 1.29 is 4.74 Å². The van der Waals surface area contributed by atoms with Crippen LogP contribution in [0.2, 0.25) is 0 Å². The molecule has 1 heterocycles. The van der Waals surface area contributed by atoms with Gasteiger partial charge in [0.1, 0.15) is 5.75 Å². The smallest absolute Gasteiger partial charge is 0.263 e. The minimum atomic E-state index is -0.0334. The van der Waals surface area contributed by atoms with E-state index in [9.17, 15) is 4.79 Å². The topological polar surface area (TPSA) is 31.2 Å². The Labute approximate surface area is 124 Å². The van der Waals surface area contributed by atoms with E-state index in [0.717, 1.165) is 21.3 Å². The Morgan fingerprint density at radius 2 is 1.65 bits per heavy atom. The van der Waals surface area contributed by atoms with E-state index in [4.69, 9.17) is 4.74 Å². The van der Waals surface area contributed by atoms with Crippen LogP contribution in [-0.4, -0.2) is 11.7 Å². The quantitative estimate of drug-likeness (QED) is 0.716. The molecule has 3 nitrogen and oxygen atoms in total. The summed E-state index contributed by atoms with van der Waals surface area (Å²) in [5.41, 5.74) is 0.774. The van der Waals surface area contributed by atoms with E-state index in [2.05, 4.69) is 15.9 Å². The van der Waals surface area contributed by atoms with Gasteiger partial charge in [-0.1, -0.05) is 18.2 Å². The van der Waals surface area contributed by atoms with Crippen molar-refractivity contribution in [1.29, 1.82) is 0 Å². The Morgan fingerprint density at radius 3 is 2.30 bits per heavy atom. The molecule has 1 aromatic heterocycles. The van der Waals surface area contributed by atoms with Gasteiger partial charge in [0.15, 0.2) is 0 Å². The first-order chi connectivity index (χ1) is 9.70. The van der Waals surface area contributed by atoms with Crippen molar-refractivity contribution in [3.63, 3.8) is 0 Å². The van der Waals surface area contributed by atoms with Crippen molar-refractivity contribution in [2.24, 2.45) is 0 Å². The van der Waals surface area contributed by atoms with Crippen molar-refractivity contribution in [2.45, 2.75) is 0 Å². The van der Waals surface area contributed by atoms with Gasteiger partial charge in [-0.05, 0) is 46.3 Å². The van der Waals surface area contributed by atoms with Crippen LogP contribution < -0.4 is 10.3 Å². The maximum Gasteiger partial charge on any atom is 0.263 e. The number of hydrogen-bond acceptors (Lipinski definition) is 2. The highest BCUT2D eigenvalue weighted by Gasteiger charge is 2.08. The van der Waals surface area contributed by atoms with E-state index in [1.165, 1.54) is 0 Å². The molecule has 20 heavy (non-hydrogen) atoms. The summed E-state index contributed by atoms with van der Waals surface area (Å²) in [4.78, 5) is 12.5. The summed E-state index contributed by atoms with van der Waals surface area (Å²) >= 11 is 3.52. The van der Waals surface area contributed by atoms with Gasteiger partial charge in [0, 0.05) is 27.1 Å². The number of ether oxygens (including phenoxy) is 1. The zero-order valence-corrected chi connectivity index (χ0v) is 12.4. The molecule has 0 saturated heterocycles. The van der Waals surface area contributed by atoms with Crippen LogP contribution in [0.15, 0.2) is 64.0 Å². The highest BCUT2D eigenvalue weighted by molar-refractivity contribution is 9.10. The molecular formula is C16H12BrNO2. The number of hydrogen-bond donors (Lipinski definition) is 0. The fourth-order valence-corrected chi connectivity index (χ4v) is 2.73. The second-order valence-corrected chi connectivity index (χ2v) is 5.25. The molecule has 0 fully saturated rings. The Balaban J connectivity index is 2.25. The number of pyridine rings is 1. The Morgan fingerprint density at radius 1 is 1.00 bits per heavy atom. The summed E-state index contributed by atoms with van der Waals surface area (Å²) < 4.78 is 7.66. The minimum absolute atomic E-state index is 0.0334. The first kappa shape index (κ1) is 12.9. The monoisotopic (exact) mass is 329 g/mol. The molecule has 0 bridgehead atoms. The Hall–Kier alpha value is -2.07. The molecule has 0 N–H and O–H groups in total. The van der Waals surface area contributed by atoms with Crippen LogP contribution in [0.4, 0.5) is 0 Å². The second kappa shape index (κ2) is 5.13. The first-order valence-corrected chi connectivity index (χ1v) is 6.94. The molecule has 0 aliphatic carbocycles. The average Bonchev–Trinajstić information content (AvgIpc) is 2.51. The van der Waals surface area contributed by atoms with Crippen molar-refractivity contribution in [3.8, 4) is 11.4 Å². The van der Waals surface area contributed by atoms with Crippen LogP contribution in [0, 0.1) is 0 Å². The number of aromatic nitrogens is 1. The molecule has 0 unspecified atom stereocenters. The lowest BCUT2D eigenvalue weighted by atomic mass is 10.1. The van der Waals surface area contributed by atoms with Crippen LogP contribution in [0.1, 0.15) is 0 Å². The van der Waals surface area contributed by atoms with Gasteiger partial charge in [0.25, 0.3) is 5.56 Å². The molecule has 0 amide bonds. The zero-order chi connectivity index (χ0) is 14.1. The molecular weight excluding hydrogens is 318 g/mol. The molecule has 0 atom stereocenters. The summed E-state index contributed by atoms with van der Waals surface area (Å²) in [6, 6.07) is 15.0. The van der Waals surface area contributed by atoms with E-state index in [0.29, 0.717) is 5.39 Å². The van der Waals surface area contributed by atoms with Gasteiger partial charge in [-0.2, -0.15) is 0 Å². The van der Waals surface area contributed by atoms with Gasteiger partial charge >= 0.3 is 0 Å². The van der Waals surface area contributed by atoms with Gasteiger partial charge in [-0.15, -0.1) is 0 Å². The third kappa shape index (κ3) is 2.12. The van der Waals surface area contributed by atoms with Crippen LogP contribution in [-0.2, 0) is 0 Å². The summed E-state index contributed by atoms with van der Waals surface area (Å²) in [5, 5.41) is 1.61. The number of methoxy groups -OCH3 is 1. The molecule has 0 radical (unpaired) electrons. The lowest BCUT2D eigenvalue weighted by Gasteiger charge is -2.10. The zero-order valence-electron chi connectivity index (χ0n) is 10.8. The van der Waals surface area contributed by atoms with E-state index in [1.54, 1.807) is 17.9 Å². The molecule has 4 heteroatoms. The molecule has 3 aromatic rings.